The van der Waals surface area contributed by atoms with Crippen molar-refractivity contribution in [2.24, 2.45) is 0 Å². The highest BCUT2D eigenvalue weighted by Gasteiger charge is 2.36. The first-order valence-electron chi connectivity index (χ1n) is 6.56. The van der Waals surface area contributed by atoms with Gasteiger partial charge in [-0.25, -0.2) is 0 Å². The summed E-state index contributed by atoms with van der Waals surface area (Å²) in [7, 11) is 0. The second-order valence-corrected chi connectivity index (χ2v) is 5.26. The molecule has 1 aromatic heterocycles. The van der Waals surface area contributed by atoms with Crippen LogP contribution in [0.5, 0.6) is 0 Å². The average Bonchev–Trinajstić information content (AvgIpc) is 2.90. The summed E-state index contributed by atoms with van der Waals surface area (Å²) in [6.45, 7) is 0.847. The third-order valence-corrected chi connectivity index (χ3v) is 3.52. The fourth-order valence-electron chi connectivity index (χ4n) is 2.16. The van der Waals surface area contributed by atoms with Crippen LogP contribution in [0.15, 0.2) is 34.9 Å². The molecule has 0 radical (unpaired) electrons. The first kappa shape index (κ1) is 17.4. The van der Waals surface area contributed by atoms with Crippen molar-refractivity contribution in [2.75, 3.05) is 6.61 Å². The molecule has 1 heterocycles. The van der Waals surface area contributed by atoms with Gasteiger partial charge in [-0.05, 0) is 30.7 Å². The van der Waals surface area contributed by atoms with Gasteiger partial charge in [0.2, 0.25) is 0 Å². The molecule has 0 bridgehead atoms. The molecule has 1 amide bonds. The molecule has 8 heteroatoms. The molecule has 1 aromatic carbocycles. The van der Waals surface area contributed by atoms with Gasteiger partial charge >= 0.3 is 6.18 Å². The molecule has 0 saturated heterocycles. The van der Waals surface area contributed by atoms with Gasteiger partial charge < -0.3 is 14.8 Å². The first-order valence-corrected chi connectivity index (χ1v) is 6.94. The average molecular weight is 348 g/mol. The van der Waals surface area contributed by atoms with E-state index in [1.165, 1.54) is 18.4 Å². The Morgan fingerprint density at radius 2 is 2.09 bits per heavy atom. The molecule has 2 aromatic rings. The van der Waals surface area contributed by atoms with E-state index in [-0.39, 0.29) is 16.1 Å². The number of amides is 1. The molecule has 124 valence electrons. The van der Waals surface area contributed by atoms with E-state index in [1.54, 1.807) is 6.92 Å². The number of benzene rings is 1. The molecule has 0 aliphatic heterocycles. The fraction of sp³-hybridized carbons (Fsp3) is 0.267. The van der Waals surface area contributed by atoms with E-state index in [4.69, 9.17) is 16.0 Å². The molecule has 1 atom stereocenters. The smallest absolute Gasteiger partial charge is 0.416 e. The Balaban J connectivity index is 2.35. The van der Waals surface area contributed by atoms with Crippen molar-refractivity contribution in [1.82, 2.24) is 5.32 Å². The van der Waals surface area contributed by atoms with Gasteiger partial charge in [0.25, 0.3) is 5.91 Å². The third kappa shape index (κ3) is 3.86. The number of carbonyl (C=O) groups is 1. The molecule has 23 heavy (non-hydrogen) atoms. The van der Waals surface area contributed by atoms with Crippen molar-refractivity contribution in [3.8, 4) is 0 Å². The summed E-state index contributed by atoms with van der Waals surface area (Å²) in [5.74, 6) is -0.315. The van der Waals surface area contributed by atoms with E-state index >= 15 is 0 Å². The normalized spacial score (nSPS) is 13.0. The van der Waals surface area contributed by atoms with Crippen LogP contribution in [-0.4, -0.2) is 17.6 Å². The van der Waals surface area contributed by atoms with Gasteiger partial charge in [0, 0.05) is 5.02 Å². The Kier molecular flexibility index (Phi) is 5.01. The van der Waals surface area contributed by atoms with Gasteiger partial charge in [0.05, 0.1) is 30.0 Å². The number of carbonyl (C=O) groups excluding carboxylic acids is 1. The minimum Gasteiger partial charge on any atom is -0.469 e. The van der Waals surface area contributed by atoms with Crippen LogP contribution in [0.4, 0.5) is 13.2 Å². The maximum atomic E-state index is 13.1. The van der Waals surface area contributed by atoms with Crippen molar-refractivity contribution in [3.05, 3.63) is 58.0 Å². The maximum Gasteiger partial charge on any atom is 0.416 e. The van der Waals surface area contributed by atoms with Crippen LogP contribution >= 0.6 is 11.6 Å². The number of aliphatic hydroxyl groups excluding tert-OH is 1. The maximum absolute atomic E-state index is 13.1. The van der Waals surface area contributed by atoms with Crippen molar-refractivity contribution in [2.45, 2.75) is 19.1 Å². The summed E-state index contributed by atoms with van der Waals surface area (Å²) in [6, 6.07) is 3.32. The zero-order valence-electron chi connectivity index (χ0n) is 11.9. The molecular formula is C15H13ClF3NO3. The van der Waals surface area contributed by atoms with E-state index in [9.17, 15) is 23.1 Å². The zero-order valence-corrected chi connectivity index (χ0v) is 12.7. The first-order chi connectivity index (χ1) is 10.7. The summed E-state index contributed by atoms with van der Waals surface area (Å²) in [5, 5.41) is 11.7. The van der Waals surface area contributed by atoms with Gasteiger partial charge in [-0.1, -0.05) is 17.7 Å². The lowest BCUT2D eigenvalue weighted by atomic mass is 10.00. The number of aliphatic hydroxyl groups is 1. The highest BCUT2D eigenvalue weighted by atomic mass is 35.5. The lowest BCUT2D eigenvalue weighted by Crippen LogP contribution is -2.32. The second-order valence-electron chi connectivity index (χ2n) is 4.83. The molecular weight excluding hydrogens is 335 g/mol. The molecule has 0 saturated carbocycles. The van der Waals surface area contributed by atoms with Crippen molar-refractivity contribution < 1.29 is 27.5 Å². The van der Waals surface area contributed by atoms with Gasteiger partial charge in [-0.15, -0.1) is 0 Å². The lowest BCUT2D eigenvalue weighted by Gasteiger charge is -2.21. The van der Waals surface area contributed by atoms with Crippen molar-refractivity contribution in [3.63, 3.8) is 0 Å². The van der Waals surface area contributed by atoms with E-state index in [1.807, 2.05) is 0 Å². The minimum atomic E-state index is -4.66. The van der Waals surface area contributed by atoms with Crippen LogP contribution in [0.25, 0.3) is 0 Å². The zero-order chi connectivity index (χ0) is 17.2. The number of hydrogen-bond donors (Lipinski definition) is 2. The quantitative estimate of drug-likeness (QED) is 0.886. The van der Waals surface area contributed by atoms with Gasteiger partial charge in [0.1, 0.15) is 5.76 Å². The summed E-state index contributed by atoms with van der Waals surface area (Å²) in [4.78, 5) is 12.1. The van der Waals surface area contributed by atoms with Gasteiger partial charge in [-0.3, -0.25) is 4.79 Å². The third-order valence-electron chi connectivity index (χ3n) is 3.29. The van der Waals surface area contributed by atoms with Crippen LogP contribution in [0.3, 0.4) is 0 Å². The van der Waals surface area contributed by atoms with Crippen LogP contribution in [0.1, 0.15) is 33.3 Å². The Morgan fingerprint density at radius 1 is 1.39 bits per heavy atom. The van der Waals surface area contributed by atoms with Crippen LogP contribution in [-0.2, 0) is 6.18 Å². The van der Waals surface area contributed by atoms with Crippen molar-refractivity contribution >= 4 is 17.5 Å². The van der Waals surface area contributed by atoms with Crippen LogP contribution in [0, 0.1) is 6.92 Å². The predicted molar refractivity (Wildman–Crippen MR) is 77.2 cm³/mol. The number of rotatable bonds is 4. The Labute approximate surface area is 134 Å². The number of halogens is 4. The number of furan rings is 1. The summed E-state index contributed by atoms with van der Waals surface area (Å²) < 4.78 is 44.4. The predicted octanol–water partition coefficient (Wildman–Crippen LogP) is 3.72. The monoisotopic (exact) mass is 347 g/mol. The van der Waals surface area contributed by atoms with Crippen molar-refractivity contribution in [1.29, 1.82) is 0 Å². The highest BCUT2D eigenvalue weighted by molar-refractivity contribution is 6.30. The van der Waals surface area contributed by atoms with Gasteiger partial charge in [0.15, 0.2) is 0 Å². The number of nitrogens with one attached hydrogen (secondary N) is 1. The Hall–Kier alpha value is -1.99. The van der Waals surface area contributed by atoms with E-state index < -0.39 is 30.3 Å². The SMILES string of the molecule is Cc1occc1C(=O)NC(CO)c1ccc(Cl)cc1C(F)(F)F. The molecule has 0 fully saturated rings. The second kappa shape index (κ2) is 6.64. The lowest BCUT2D eigenvalue weighted by molar-refractivity contribution is -0.138. The fourth-order valence-corrected chi connectivity index (χ4v) is 2.33. The highest BCUT2D eigenvalue weighted by Crippen LogP contribution is 2.36. The summed E-state index contributed by atoms with van der Waals surface area (Å²) in [5.41, 5.74) is -1.09. The largest absolute Gasteiger partial charge is 0.469 e. The molecule has 0 spiro atoms. The molecule has 0 aliphatic rings. The molecule has 2 rings (SSSR count). The topological polar surface area (TPSA) is 62.5 Å². The number of hydrogen-bond acceptors (Lipinski definition) is 3. The molecule has 1 unspecified atom stereocenters. The summed E-state index contributed by atoms with van der Waals surface area (Å²) >= 11 is 5.62. The minimum absolute atomic E-state index is 0.0882. The Morgan fingerprint density at radius 3 is 2.61 bits per heavy atom. The number of aryl methyl sites for hydroxylation is 1. The summed E-state index contributed by atoms with van der Waals surface area (Å²) in [6.07, 6.45) is -3.37. The van der Waals surface area contributed by atoms with E-state index in [2.05, 4.69) is 5.32 Å². The molecule has 0 aliphatic carbocycles. The van der Waals surface area contributed by atoms with Crippen LogP contribution < -0.4 is 5.32 Å². The Bertz CT molecular complexity index is 712. The van der Waals surface area contributed by atoms with E-state index in [0.717, 1.165) is 12.1 Å². The van der Waals surface area contributed by atoms with Gasteiger partial charge in [-0.2, -0.15) is 13.2 Å². The standard InChI is InChI=1S/C15H13ClF3NO3/c1-8-10(4-5-23-8)14(22)20-13(7-21)11-3-2-9(16)6-12(11)15(17,18)19/h2-6,13,21H,7H2,1H3,(H,20,22). The molecule has 2 N–H and O–H groups in total. The van der Waals surface area contributed by atoms with E-state index in [0.29, 0.717) is 5.76 Å². The van der Waals surface area contributed by atoms with Crippen LogP contribution in [0.2, 0.25) is 5.02 Å². The molecule has 4 nitrogen and oxygen atoms in total. The number of alkyl halides is 3.